The average Bonchev–Trinajstić information content (AvgIpc) is 2.86. The predicted molar refractivity (Wildman–Crippen MR) is 124 cm³/mol. The lowest BCUT2D eigenvalue weighted by Gasteiger charge is -2.28. The van der Waals surface area contributed by atoms with Gasteiger partial charge in [-0.2, -0.15) is 13.2 Å². The van der Waals surface area contributed by atoms with Gasteiger partial charge < -0.3 is 15.4 Å². The zero-order chi connectivity index (χ0) is 25.4. The van der Waals surface area contributed by atoms with Crippen molar-refractivity contribution in [1.29, 1.82) is 0 Å². The molecule has 0 heterocycles. The van der Waals surface area contributed by atoms with Gasteiger partial charge in [0.1, 0.15) is 0 Å². The van der Waals surface area contributed by atoms with Crippen LogP contribution in [-0.2, 0) is 15.7 Å². The zero-order valence-corrected chi connectivity index (χ0v) is 19.5. The van der Waals surface area contributed by atoms with Gasteiger partial charge in [-0.1, -0.05) is 12.1 Å². The third kappa shape index (κ3) is 7.56. The van der Waals surface area contributed by atoms with Crippen molar-refractivity contribution in [1.82, 2.24) is 10.6 Å². The molecule has 0 aliphatic heterocycles. The molecule has 1 fully saturated rings. The van der Waals surface area contributed by atoms with E-state index in [9.17, 15) is 27.6 Å². The lowest BCUT2D eigenvalue weighted by atomic mass is 9.77. The van der Waals surface area contributed by atoms with Crippen molar-refractivity contribution >= 4 is 17.8 Å². The quantitative estimate of drug-likeness (QED) is 0.415. The van der Waals surface area contributed by atoms with Gasteiger partial charge >= 0.3 is 12.1 Å². The van der Waals surface area contributed by atoms with E-state index in [0.29, 0.717) is 23.8 Å². The first-order chi connectivity index (χ1) is 16.7. The van der Waals surface area contributed by atoms with E-state index < -0.39 is 17.6 Å². The van der Waals surface area contributed by atoms with E-state index in [4.69, 9.17) is 4.74 Å². The Morgan fingerprint density at radius 3 is 1.77 bits per heavy atom. The molecule has 0 aromatic heterocycles. The normalized spacial score (nSPS) is 17.9. The van der Waals surface area contributed by atoms with Crippen molar-refractivity contribution in [2.75, 3.05) is 20.2 Å². The highest BCUT2D eigenvalue weighted by Crippen LogP contribution is 2.37. The number of hydrogen-bond acceptors (Lipinski definition) is 4. The molecular weight excluding hydrogens is 461 g/mol. The van der Waals surface area contributed by atoms with Crippen LogP contribution in [0.25, 0.3) is 0 Å². The highest BCUT2D eigenvalue weighted by Gasteiger charge is 2.30. The van der Waals surface area contributed by atoms with Gasteiger partial charge in [-0.3, -0.25) is 14.4 Å². The van der Waals surface area contributed by atoms with Crippen molar-refractivity contribution in [3.8, 4) is 0 Å². The van der Waals surface area contributed by atoms with Crippen LogP contribution in [0, 0.1) is 5.92 Å². The van der Waals surface area contributed by atoms with E-state index in [0.717, 1.165) is 49.9 Å². The molecule has 0 bridgehead atoms. The minimum absolute atomic E-state index is 0.110. The lowest BCUT2D eigenvalue weighted by Crippen LogP contribution is -2.34. The molecule has 0 atom stereocenters. The van der Waals surface area contributed by atoms with Crippen LogP contribution in [0.2, 0.25) is 0 Å². The van der Waals surface area contributed by atoms with Crippen LogP contribution in [-0.4, -0.2) is 38.0 Å². The van der Waals surface area contributed by atoms with Crippen LogP contribution >= 0.6 is 0 Å². The molecule has 2 aromatic carbocycles. The van der Waals surface area contributed by atoms with Crippen molar-refractivity contribution in [3.63, 3.8) is 0 Å². The zero-order valence-electron chi connectivity index (χ0n) is 19.5. The minimum Gasteiger partial charge on any atom is -0.469 e. The molecule has 1 saturated carbocycles. The maximum Gasteiger partial charge on any atom is 0.416 e. The number of hydrogen-bond donors (Lipinski definition) is 2. The van der Waals surface area contributed by atoms with E-state index in [-0.39, 0.29) is 30.5 Å². The summed E-state index contributed by atoms with van der Waals surface area (Å²) < 4.78 is 42.6. The summed E-state index contributed by atoms with van der Waals surface area (Å²) in [6.07, 6.45) is -0.0616. The van der Waals surface area contributed by atoms with Crippen LogP contribution in [0.15, 0.2) is 48.5 Å². The van der Waals surface area contributed by atoms with Crippen LogP contribution in [0.1, 0.15) is 69.9 Å². The number of methoxy groups -OCH3 is 1. The summed E-state index contributed by atoms with van der Waals surface area (Å²) in [5.41, 5.74) is 0.960. The van der Waals surface area contributed by atoms with Crippen molar-refractivity contribution in [2.45, 2.75) is 44.2 Å². The summed E-state index contributed by atoms with van der Waals surface area (Å²) >= 11 is 0. The molecule has 0 spiro atoms. The Morgan fingerprint density at radius 2 is 1.31 bits per heavy atom. The molecule has 3 rings (SSSR count). The summed E-state index contributed by atoms with van der Waals surface area (Å²) in [5.74, 6) is -0.186. The van der Waals surface area contributed by atoms with Crippen molar-refractivity contribution < 1.29 is 32.3 Å². The minimum atomic E-state index is -4.46. The third-order valence-corrected chi connectivity index (χ3v) is 6.34. The second kappa shape index (κ2) is 11.9. The number of nitrogens with one attached hydrogen (secondary N) is 2. The molecular formula is C26H29F3N2O4. The van der Waals surface area contributed by atoms with Gasteiger partial charge in [0.15, 0.2) is 0 Å². The fourth-order valence-corrected chi connectivity index (χ4v) is 4.29. The third-order valence-electron chi connectivity index (χ3n) is 6.34. The summed E-state index contributed by atoms with van der Waals surface area (Å²) in [5, 5.41) is 5.29. The number of ether oxygens (including phenoxy) is 1. The highest BCUT2D eigenvalue weighted by atomic mass is 19.4. The van der Waals surface area contributed by atoms with E-state index in [1.807, 2.05) is 12.1 Å². The highest BCUT2D eigenvalue weighted by molar-refractivity contribution is 5.95. The fraction of sp³-hybridized carbons (Fsp3) is 0.423. The molecule has 0 unspecified atom stereocenters. The summed E-state index contributed by atoms with van der Waals surface area (Å²) in [7, 11) is 1.41. The van der Waals surface area contributed by atoms with Gasteiger partial charge in [0.2, 0.25) is 0 Å². The Morgan fingerprint density at radius 1 is 0.829 bits per heavy atom. The molecule has 6 nitrogen and oxygen atoms in total. The number of esters is 1. The first kappa shape index (κ1) is 26.2. The standard InChI is InChI=1S/C26H29F3N2O4/c1-35-23(32)16-17-2-4-18(5-3-17)19-6-8-20(9-7-19)24(33)30-14-15-31-25(34)21-10-12-22(13-11-21)26(27,28)29/h6-13,17-18H,2-5,14-16H2,1H3,(H,30,33)(H,31,34)/t17-,18-. The van der Waals surface area contributed by atoms with Gasteiger partial charge in [-0.25, -0.2) is 0 Å². The van der Waals surface area contributed by atoms with Crippen LogP contribution in [0.4, 0.5) is 13.2 Å². The molecule has 35 heavy (non-hydrogen) atoms. The van der Waals surface area contributed by atoms with Crippen LogP contribution in [0.3, 0.4) is 0 Å². The van der Waals surface area contributed by atoms with E-state index in [1.54, 1.807) is 12.1 Å². The van der Waals surface area contributed by atoms with Gasteiger partial charge in [0.05, 0.1) is 12.7 Å². The molecule has 188 valence electrons. The Balaban J connectivity index is 1.40. The summed E-state index contributed by atoms with van der Waals surface area (Å²) in [4.78, 5) is 35.9. The molecule has 1 aliphatic rings. The second-order valence-corrected chi connectivity index (χ2v) is 8.71. The second-order valence-electron chi connectivity index (χ2n) is 8.71. The molecule has 2 amide bonds. The van der Waals surface area contributed by atoms with Gasteiger partial charge in [-0.15, -0.1) is 0 Å². The smallest absolute Gasteiger partial charge is 0.416 e. The molecule has 2 aromatic rings. The molecule has 2 N–H and O–H groups in total. The van der Waals surface area contributed by atoms with E-state index in [1.165, 1.54) is 12.7 Å². The van der Waals surface area contributed by atoms with Crippen molar-refractivity contribution in [3.05, 3.63) is 70.8 Å². The number of amides is 2. The fourth-order valence-electron chi connectivity index (χ4n) is 4.29. The largest absolute Gasteiger partial charge is 0.469 e. The van der Waals surface area contributed by atoms with Gasteiger partial charge in [0.25, 0.3) is 11.8 Å². The average molecular weight is 491 g/mol. The maximum absolute atomic E-state index is 12.6. The van der Waals surface area contributed by atoms with Gasteiger partial charge in [-0.05, 0) is 79.5 Å². The topological polar surface area (TPSA) is 84.5 Å². The number of halogens is 3. The Bertz CT molecular complexity index is 1010. The SMILES string of the molecule is COC(=O)C[C@H]1CC[C@H](c2ccc(C(=O)NCCNC(=O)c3ccc(C(F)(F)F)cc3)cc2)CC1. The lowest BCUT2D eigenvalue weighted by molar-refractivity contribution is -0.142. The summed E-state index contributed by atoms with van der Waals surface area (Å²) in [6.45, 7) is 0.315. The Kier molecular flexibility index (Phi) is 8.89. The number of carbonyl (C=O) groups is 3. The maximum atomic E-state index is 12.6. The number of benzene rings is 2. The van der Waals surface area contributed by atoms with E-state index in [2.05, 4.69) is 10.6 Å². The van der Waals surface area contributed by atoms with Crippen LogP contribution in [0.5, 0.6) is 0 Å². The number of rotatable bonds is 8. The number of alkyl halides is 3. The predicted octanol–water partition coefficient (Wildman–Crippen LogP) is 4.70. The molecule has 9 heteroatoms. The Hall–Kier alpha value is -3.36. The first-order valence-corrected chi connectivity index (χ1v) is 11.6. The van der Waals surface area contributed by atoms with Crippen LogP contribution < -0.4 is 10.6 Å². The van der Waals surface area contributed by atoms with E-state index >= 15 is 0 Å². The molecule has 0 saturated heterocycles. The van der Waals surface area contributed by atoms with Crippen molar-refractivity contribution in [2.24, 2.45) is 5.92 Å². The molecule has 0 radical (unpaired) electrons. The first-order valence-electron chi connectivity index (χ1n) is 11.6. The summed E-state index contributed by atoms with van der Waals surface area (Å²) in [6, 6.07) is 11.4. The number of carbonyl (C=O) groups excluding carboxylic acids is 3. The van der Waals surface area contributed by atoms with Gasteiger partial charge in [0, 0.05) is 30.6 Å². The Labute approximate surface area is 202 Å². The monoisotopic (exact) mass is 490 g/mol. The molecule has 1 aliphatic carbocycles.